The molecule has 5 nitrogen and oxygen atoms in total. The van der Waals surface area contributed by atoms with E-state index < -0.39 is 0 Å². The third kappa shape index (κ3) is 9.47. The summed E-state index contributed by atoms with van der Waals surface area (Å²) in [5, 5.41) is 6.44. The van der Waals surface area contributed by atoms with Gasteiger partial charge in [0.15, 0.2) is 5.96 Å². The van der Waals surface area contributed by atoms with Crippen LogP contribution in [0.4, 0.5) is 4.39 Å². The van der Waals surface area contributed by atoms with Crippen molar-refractivity contribution in [2.45, 2.75) is 26.2 Å². The number of aliphatic imine (C=N–C) groups is 1. The van der Waals surface area contributed by atoms with Gasteiger partial charge in [0.25, 0.3) is 0 Å². The first kappa shape index (κ1) is 20.4. The molecule has 0 fully saturated rings. The standard InChI is InChI=1S/C18H30FN3O2/c1-3-20-18(21-11-6-7-13-24-15-14-23-2)22-12-10-16-8-4-5-9-17(16)19/h4-5,8-9H,3,6-7,10-15H2,1-2H3,(H2,20,21,22). The Bertz CT molecular complexity index is 469. The van der Waals surface area contributed by atoms with Crippen LogP contribution in [0.1, 0.15) is 25.3 Å². The van der Waals surface area contributed by atoms with Crippen molar-refractivity contribution >= 4 is 5.96 Å². The molecule has 6 heteroatoms. The molecule has 2 N–H and O–H groups in total. The summed E-state index contributed by atoms with van der Waals surface area (Å²) in [7, 11) is 1.67. The minimum atomic E-state index is -0.158. The summed E-state index contributed by atoms with van der Waals surface area (Å²) in [6, 6.07) is 6.86. The van der Waals surface area contributed by atoms with Crippen LogP contribution in [-0.2, 0) is 15.9 Å². The molecule has 1 aromatic carbocycles. The summed E-state index contributed by atoms with van der Waals surface area (Å²) < 4.78 is 23.9. The molecule has 0 unspecified atom stereocenters. The fourth-order valence-electron chi connectivity index (χ4n) is 2.11. The van der Waals surface area contributed by atoms with E-state index in [1.54, 1.807) is 13.2 Å². The van der Waals surface area contributed by atoms with Gasteiger partial charge in [-0.25, -0.2) is 4.39 Å². The molecule has 0 aliphatic heterocycles. The number of benzene rings is 1. The first-order chi connectivity index (χ1) is 11.8. The molecule has 0 heterocycles. The highest BCUT2D eigenvalue weighted by Gasteiger charge is 2.01. The number of guanidine groups is 1. The molecule has 0 spiro atoms. The minimum absolute atomic E-state index is 0.158. The second-order valence-corrected chi connectivity index (χ2v) is 5.34. The quantitative estimate of drug-likeness (QED) is 0.349. The first-order valence-corrected chi connectivity index (χ1v) is 8.60. The third-order valence-electron chi connectivity index (χ3n) is 3.39. The fourth-order valence-corrected chi connectivity index (χ4v) is 2.11. The molecule has 0 saturated heterocycles. The molecule has 1 rings (SSSR count). The highest BCUT2D eigenvalue weighted by Crippen LogP contribution is 2.06. The zero-order valence-corrected chi connectivity index (χ0v) is 14.8. The molecule has 0 aliphatic rings. The molecule has 0 radical (unpaired) electrons. The number of hydrogen-bond donors (Lipinski definition) is 2. The Morgan fingerprint density at radius 2 is 1.96 bits per heavy atom. The molecule has 24 heavy (non-hydrogen) atoms. The summed E-state index contributed by atoms with van der Waals surface area (Å²) >= 11 is 0. The Morgan fingerprint density at radius 1 is 1.12 bits per heavy atom. The van der Waals surface area contributed by atoms with Crippen LogP contribution in [0.5, 0.6) is 0 Å². The minimum Gasteiger partial charge on any atom is -0.382 e. The van der Waals surface area contributed by atoms with E-state index in [4.69, 9.17) is 9.47 Å². The predicted molar refractivity (Wildman–Crippen MR) is 96.0 cm³/mol. The summed E-state index contributed by atoms with van der Waals surface area (Å²) in [5.74, 6) is 0.615. The van der Waals surface area contributed by atoms with Gasteiger partial charge in [0.2, 0.25) is 0 Å². The van der Waals surface area contributed by atoms with Crippen molar-refractivity contribution in [3.63, 3.8) is 0 Å². The Labute approximate surface area is 144 Å². The van der Waals surface area contributed by atoms with Crippen LogP contribution in [0.25, 0.3) is 0 Å². The van der Waals surface area contributed by atoms with Crippen molar-refractivity contribution in [1.82, 2.24) is 10.6 Å². The van der Waals surface area contributed by atoms with Crippen molar-refractivity contribution in [3.05, 3.63) is 35.6 Å². The number of unbranched alkanes of at least 4 members (excludes halogenated alkanes) is 1. The number of ether oxygens (including phenoxy) is 2. The first-order valence-electron chi connectivity index (χ1n) is 8.60. The number of halogens is 1. The molecule has 0 saturated carbocycles. The van der Waals surface area contributed by atoms with E-state index in [0.717, 1.165) is 38.5 Å². The van der Waals surface area contributed by atoms with Crippen LogP contribution >= 0.6 is 0 Å². The average molecular weight is 339 g/mol. The third-order valence-corrected chi connectivity index (χ3v) is 3.39. The number of rotatable bonds is 12. The van der Waals surface area contributed by atoms with E-state index in [-0.39, 0.29) is 5.82 Å². The molecule has 0 amide bonds. The zero-order valence-electron chi connectivity index (χ0n) is 14.8. The second kappa shape index (κ2) is 13.7. The summed E-state index contributed by atoms with van der Waals surface area (Å²) in [6.07, 6.45) is 2.57. The number of methoxy groups -OCH3 is 1. The lowest BCUT2D eigenvalue weighted by Gasteiger charge is -2.11. The average Bonchev–Trinajstić information content (AvgIpc) is 2.59. The molecule has 0 aliphatic carbocycles. The van der Waals surface area contributed by atoms with Gasteiger partial charge < -0.3 is 20.1 Å². The summed E-state index contributed by atoms with van der Waals surface area (Å²) in [6.45, 7) is 6.21. The maximum atomic E-state index is 13.6. The Balaban J connectivity index is 2.21. The van der Waals surface area contributed by atoms with Crippen LogP contribution in [-0.4, -0.2) is 52.5 Å². The Hall–Kier alpha value is -1.66. The lowest BCUT2D eigenvalue weighted by atomic mass is 10.1. The molecule has 0 atom stereocenters. The maximum absolute atomic E-state index is 13.6. The van der Waals surface area contributed by atoms with Gasteiger partial charge in [0.1, 0.15) is 5.82 Å². The summed E-state index contributed by atoms with van der Waals surface area (Å²) in [4.78, 5) is 4.52. The number of nitrogens with zero attached hydrogens (tertiary/aromatic N) is 1. The highest BCUT2D eigenvalue weighted by molar-refractivity contribution is 5.79. The molecule has 0 bridgehead atoms. The van der Waals surface area contributed by atoms with Crippen LogP contribution in [0, 0.1) is 5.82 Å². The summed E-state index contributed by atoms with van der Waals surface area (Å²) in [5.41, 5.74) is 0.717. The Kier molecular flexibility index (Phi) is 11.7. The van der Waals surface area contributed by atoms with Crippen LogP contribution in [0.15, 0.2) is 29.3 Å². The smallest absolute Gasteiger partial charge is 0.191 e. The van der Waals surface area contributed by atoms with Crippen molar-refractivity contribution in [2.24, 2.45) is 4.99 Å². The lowest BCUT2D eigenvalue weighted by Crippen LogP contribution is -2.38. The number of hydrogen-bond acceptors (Lipinski definition) is 3. The van der Waals surface area contributed by atoms with Crippen molar-refractivity contribution in [1.29, 1.82) is 0 Å². The van der Waals surface area contributed by atoms with E-state index in [0.29, 0.717) is 31.7 Å². The van der Waals surface area contributed by atoms with Crippen molar-refractivity contribution in [2.75, 3.05) is 46.6 Å². The van der Waals surface area contributed by atoms with Crippen LogP contribution < -0.4 is 10.6 Å². The van der Waals surface area contributed by atoms with Gasteiger partial charge >= 0.3 is 0 Å². The highest BCUT2D eigenvalue weighted by atomic mass is 19.1. The monoisotopic (exact) mass is 339 g/mol. The van der Waals surface area contributed by atoms with E-state index in [1.807, 2.05) is 19.1 Å². The predicted octanol–water partition coefficient (Wildman–Crippen LogP) is 2.37. The van der Waals surface area contributed by atoms with E-state index >= 15 is 0 Å². The number of nitrogens with one attached hydrogen (secondary N) is 2. The van der Waals surface area contributed by atoms with E-state index in [9.17, 15) is 4.39 Å². The van der Waals surface area contributed by atoms with Gasteiger partial charge in [-0.05, 0) is 37.8 Å². The molecule has 1 aromatic rings. The lowest BCUT2D eigenvalue weighted by molar-refractivity contribution is 0.0690. The van der Waals surface area contributed by atoms with Gasteiger partial charge in [-0.1, -0.05) is 18.2 Å². The van der Waals surface area contributed by atoms with E-state index in [1.165, 1.54) is 6.07 Å². The SMILES string of the molecule is CCNC(=NCCCCOCCOC)NCCc1ccccc1F. The normalized spacial score (nSPS) is 11.5. The van der Waals surface area contributed by atoms with Gasteiger partial charge in [-0.2, -0.15) is 0 Å². The fraction of sp³-hybridized carbons (Fsp3) is 0.611. The molecular formula is C18H30FN3O2. The van der Waals surface area contributed by atoms with Crippen molar-refractivity contribution in [3.8, 4) is 0 Å². The molecular weight excluding hydrogens is 309 g/mol. The van der Waals surface area contributed by atoms with Gasteiger partial charge in [0, 0.05) is 33.4 Å². The van der Waals surface area contributed by atoms with Gasteiger partial charge in [-0.15, -0.1) is 0 Å². The Morgan fingerprint density at radius 3 is 2.71 bits per heavy atom. The van der Waals surface area contributed by atoms with Crippen molar-refractivity contribution < 1.29 is 13.9 Å². The molecule has 136 valence electrons. The van der Waals surface area contributed by atoms with Crippen LogP contribution in [0.3, 0.4) is 0 Å². The van der Waals surface area contributed by atoms with Crippen LogP contribution in [0.2, 0.25) is 0 Å². The topological polar surface area (TPSA) is 54.9 Å². The zero-order chi connectivity index (χ0) is 17.5. The second-order valence-electron chi connectivity index (χ2n) is 5.34. The molecule has 0 aromatic heterocycles. The maximum Gasteiger partial charge on any atom is 0.191 e. The van der Waals surface area contributed by atoms with E-state index in [2.05, 4.69) is 15.6 Å². The van der Waals surface area contributed by atoms with Gasteiger partial charge in [0.05, 0.1) is 13.2 Å². The van der Waals surface area contributed by atoms with Gasteiger partial charge in [-0.3, -0.25) is 4.99 Å². The largest absolute Gasteiger partial charge is 0.382 e.